The molecule has 0 radical (unpaired) electrons. The minimum atomic E-state index is -5.39. The molecule has 19 heavy (non-hydrogen) atoms. The van der Waals surface area contributed by atoms with Crippen molar-refractivity contribution in [2.45, 2.75) is 19.0 Å². The number of nitrogens with zero attached hydrogens (tertiary/aromatic N) is 1. The van der Waals surface area contributed by atoms with Crippen LogP contribution in [0, 0.1) is 3.57 Å². The number of aromatic nitrogens is 1. The first kappa shape index (κ1) is 16.2. The van der Waals surface area contributed by atoms with Gasteiger partial charge in [-0.3, -0.25) is 4.98 Å². The largest absolute Gasteiger partial charge is 0.573 e. The van der Waals surface area contributed by atoms with Crippen LogP contribution in [0.25, 0.3) is 0 Å². The SMILES string of the molecule is FC(F)c1ncc(OC(F)(F)F)c(C(F)(F)F)c1I. The maximum atomic E-state index is 12.6. The van der Waals surface area contributed by atoms with Crippen LogP contribution < -0.4 is 4.74 Å². The minimum absolute atomic E-state index is 0.0278. The fraction of sp³-hybridized carbons (Fsp3) is 0.375. The van der Waals surface area contributed by atoms with Crippen LogP contribution in [0.15, 0.2) is 6.20 Å². The second-order valence-corrected chi connectivity index (χ2v) is 4.12. The highest BCUT2D eigenvalue weighted by Gasteiger charge is 2.42. The van der Waals surface area contributed by atoms with Crippen LogP contribution in [0.3, 0.4) is 0 Å². The van der Waals surface area contributed by atoms with Crippen molar-refractivity contribution in [3.8, 4) is 5.75 Å². The molecule has 0 atom stereocenters. The van der Waals surface area contributed by atoms with Gasteiger partial charge >= 0.3 is 12.5 Å². The normalized spacial score (nSPS) is 12.9. The summed E-state index contributed by atoms with van der Waals surface area (Å²) >= 11 is 0.849. The topological polar surface area (TPSA) is 22.1 Å². The summed E-state index contributed by atoms with van der Waals surface area (Å²) in [6.45, 7) is 0. The van der Waals surface area contributed by atoms with E-state index >= 15 is 0 Å². The molecule has 0 bridgehead atoms. The molecule has 0 saturated heterocycles. The Hall–Kier alpha value is -0.880. The molecule has 1 aromatic heterocycles. The van der Waals surface area contributed by atoms with Gasteiger partial charge in [-0.15, -0.1) is 13.2 Å². The van der Waals surface area contributed by atoms with Gasteiger partial charge in [0.25, 0.3) is 6.43 Å². The van der Waals surface area contributed by atoms with Gasteiger partial charge < -0.3 is 4.74 Å². The number of halogens is 9. The Labute approximate surface area is 113 Å². The summed E-state index contributed by atoms with van der Waals surface area (Å²) in [5, 5.41) is 0. The monoisotopic (exact) mass is 407 g/mol. The van der Waals surface area contributed by atoms with E-state index in [1.165, 1.54) is 0 Å². The highest BCUT2D eigenvalue weighted by Crippen LogP contribution is 2.42. The van der Waals surface area contributed by atoms with Gasteiger partial charge in [0, 0.05) is 0 Å². The molecule has 0 N–H and O–H groups in total. The molecule has 0 amide bonds. The van der Waals surface area contributed by atoms with Crippen molar-refractivity contribution in [3.05, 3.63) is 21.0 Å². The Balaban J connectivity index is 3.45. The van der Waals surface area contributed by atoms with Crippen LogP contribution in [0.4, 0.5) is 35.1 Å². The predicted molar refractivity (Wildman–Crippen MR) is 53.6 cm³/mol. The zero-order chi connectivity index (χ0) is 15.0. The van der Waals surface area contributed by atoms with Crippen molar-refractivity contribution in [1.82, 2.24) is 4.98 Å². The molecule has 1 aromatic rings. The summed E-state index contributed by atoms with van der Waals surface area (Å²) in [6.07, 6.45) is -14.1. The smallest absolute Gasteiger partial charge is 0.403 e. The van der Waals surface area contributed by atoms with Gasteiger partial charge in [-0.25, -0.2) is 8.78 Å². The second-order valence-electron chi connectivity index (χ2n) is 3.04. The van der Waals surface area contributed by atoms with Crippen molar-refractivity contribution in [1.29, 1.82) is 0 Å². The van der Waals surface area contributed by atoms with Crippen LogP contribution in [0.5, 0.6) is 5.75 Å². The van der Waals surface area contributed by atoms with E-state index in [0.717, 1.165) is 22.6 Å². The van der Waals surface area contributed by atoms with E-state index in [1.807, 2.05) is 0 Å². The first-order chi connectivity index (χ1) is 8.43. The summed E-state index contributed by atoms with van der Waals surface area (Å²) < 4.78 is 100. The van der Waals surface area contributed by atoms with E-state index in [1.54, 1.807) is 0 Å². The van der Waals surface area contributed by atoms with E-state index < -0.39 is 39.5 Å². The summed E-state index contributed by atoms with van der Waals surface area (Å²) in [5.74, 6) is -1.67. The van der Waals surface area contributed by atoms with E-state index in [-0.39, 0.29) is 6.20 Å². The molecule has 0 saturated carbocycles. The van der Waals surface area contributed by atoms with Gasteiger partial charge in [0.2, 0.25) is 0 Å². The molecule has 11 heteroatoms. The van der Waals surface area contributed by atoms with Gasteiger partial charge in [-0.05, 0) is 22.6 Å². The fourth-order valence-corrected chi connectivity index (χ4v) is 2.05. The number of ether oxygens (including phenoxy) is 1. The molecule has 0 fully saturated rings. The highest BCUT2D eigenvalue weighted by molar-refractivity contribution is 14.1. The summed E-state index contributed by atoms with van der Waals surface area (Å²) in [7, 11) is 0. The molecule has 1 heterocycles. The summed E-state index contributed by atoms with van der Waals surface area (Å²) in [5.41, 5.74) is -3.20. The maximum Gasteiger partial charge on any atom is 0.573 e. The summed E-state index contributed by atoms with van der Waals surface area (Å²) in [4.78, 5) is 2.85. The Bertz CT molecular complexity index is 469. The Morgan fingerprint density at radius 2 is 1.63 bits per heavy atom. The molecule has 0 aliphatic heterocycles. The molecule has 0 aliphatic carbocycles. The molecule has 108 valence electrons. The lowest BCUT2D eigenvalue weighted by atomic mass is 10.2. The Kier molecular flexibility index (Phi) is 4.47. The van der Waals surface area contributed by atoms with E-state index in [4.69, 9.17) is 0 Å². The zero-order valence-electron chi connectivity index (χ0n) is 8.41. The van der Waals surface area contributed by atoms with Crippen LogP contribution in [0.2, 0.25) is 0 Å². The number of alkyl halides is 8. The quantitative estimate of drug-likeness (QED) is 0.531. The Morgan fingerprint density at radius 1 is 1.11 bits per heavy atom. The number of rotatable bonds is 2. The Morgan fingerprint density at radius 3 is 2.00 bits per heavy atom. The summed E-state index contributed by atoms with van der Waals surface area (Å²) in [6, 6.07) is 0. The standard InChI is InChI=1S/C8H2F8INO/c9-6(10)5-4(17)3(7(11,12)13)2(1-18-5)19-8(14,15)16/h1,6H. The highest BCUT2D eigenvalue weighted by atomic mass is 127. The molecule has 2 nitrogen and oxygen atoms in total. The molecular formula is C8H2F8INO. The lowest BCUT2D eigenvalue weighted by Gasteiger charge is -2.17. The predicted octanol–water partition coefficient (Wildman–Crippen LogP) is 4.54. The first-order valence-electron chi connectivity index (χ1n) is 4.23. The molecule has 0 aromatic carbocycles. The molecule has 0 unspecified atom stereocenters. The lowest BCUT2D eigenvalue weighted by molar-refractivity contribution is -0.276. The third-order valence-corrected chi connectivity index (χ3v) is 2.82. The van der Waals surface area contributed by atoms with Crippen molar-refractivity contribution < 1.29 is 39.9 Å². The van der Waals surface area contributed by atoms with Gasteiger partial charge in [0.15, 0.2) is 5.75 Å². The van der Waals surface area contributed by atoms with Crippen molar-refractivity contribution in [2.75, 3.05) is 0 Å². The first-order valence-corrected chi connectivity index (χ1v) is 5.31. The van der Waals surface area contributed by atoms with Crippen molar-refractivity contribution in [3.63, 3.8) is 0 Å². The molecule has 1 rings (SSSR count). The van der Waals surface area contributed by atoms with Crippen LogP contribution >= 0.6 is 22.6 Å². The van der Waals surface area contributed by atoms with Crippen LogP contribution in [-0.4, -0.2) is 11.3 Å². The van der Waals surface area contributed by atoms with E-state index in [0.29, 0.717) is 0 Å². The number of hydrogen-bond acceptors (Lipinski definition) is 2. The van der Waals surface area contributed by atoms with Gasteiger partial charge in [-0.1, -0.05) is 0 Å². The van der Waals surface area contributed by atoms with Crippen molar-refractivity contribution >= 4 is 22.6 Å². The third-order valence-electron chi connectivity index (χ3n) is 1.73. The van der Waals surface area contributed by atoms with Gasteiger partial charge in [0.1, 0.15) is 11.3 Å². The molecular weight excluding hydrogens is 405 g/mol. The van der Waals surface area contributed by atoms with E-state index in [2.05, 4.69) is 9.72 Å². The van der Waals surface area contributed by atoms with Crippen LogP contribution in [0.1, 0.15) is 17.7 Å². The zero-order valence-corrected chi connectivity index (χ0v) is 10.6. The lowest BCUT2D eigenvalue weighted by Crippen LogP contribution is -2.22. The van der Waals surface area contributed by atoms with Gasteiger partial charge in [-0.2, -0.15) is 13.2 Å². The van der Waals surface area contributed by atoms with E-state index in [9.17, 15) is 35.1 Å². The average Bonchev–Trinajstić information content (AvgIpc) is 2.11. The molecule has 0 spiro atoms. The minimum Gasteiger partial charge on any atom is -0.403 e. The third kappa shape index (κ3) is 4.04. The number of pyridine rings is 1. The number of hydrogen-bond donors (Lipinski definition) is 0. The fourth-order valence-electron chi connectivity index (χ4n) is 1.10. The maximum absolute atomic E-state index is 12.6. The van der Waals surface area contributed by atoms with Crippen LogP contribution in [-0.2, 0) is 6.18 Å². The van der Waals surface area contributed by atoms with Crippen molar-refractivity contribution in [2.24, 2.45) is 0 Å². The second kappa shape index (κ2) is 5.25. The molecule has 0 aliphatic rings. The average molecular weight is 407 g/mol. The van der Waals surface area contributed by atoms with Gasteiger partial charge in [0.05, 0.1) is 9.77 Å².